The Morgan fingerprint density at radius 3 is 2.38 bits per heavy atom. The third kappa shape index (κ3) is 5.17. The Morgan fingerprint density at radius 1 is 1.31 bits per heavy atom. The van der Waals surface area contributed by atoms with Crippen LogP contribution in [0.15, 0.2) is 0 Å². The Hall–Kier alpha value is -1.02. The molecule has 0 bridgehead atoms. The summed E-state index contributed by atoms with van der Waals surface area (Å²) in [4.78, 5) is 13.0. The van der Waals surface area contributed by atoms with Gasteiger partial charge < -0.3 is 9.64 Å². The molecule has 1 N–H and O–H groups in total. The third-order valence-electron chi connectivity index (χ3n) is 2.12. The number of hydrogen-bond acceptors (Lipinski definition) is 4. The van der Waals surface area contributed by atoms with E-state index >= 15 is 0 Å². The van der Waals surface area contributed by atoms with Crippen molar-refractivity contribution in [3.05, 3.63) is 0 Å². The first-order valence-electron chi connectivity index (χ1n) is 4.80. The highest BCUT2D eigenvalue weighted by molar-refractivity contribution is 5.66. The predicted octanol–water partition coefficient (Wildman–Crippen LogP) is 0.437. The van der Waals surface area contributed by atoms with E-state index in [4.69, 9.17) is 0 Å². The quantitative estimate of drug-likeness (QED) is 0.761. The molecule has 0 unspecified atom stereocenters. The van der Waals surface area contributed by atoms with Gasteiger partial charge in [-0.05, 0) is 7.05 Å². The van der Waals surface area contributed by atoms with Gasteiger partial charge in [0.05, 0.1) is 0 Å². The van der Waals surface area contributed by atoms with Crippen LogP contribution in [0.5, 0.6) is 0 Å². The van der Waals surface area contributed by atoms with E-state index in [9.17, 15) is 18.0 Å². The number of amides is 1. The van der Waals surface area contributed by atoms with Gasteiger partial charge in [-0.3, -0.25) is 5.43 Å². The number of nitrogens with zero attached hydrogens (tertiary/aromatic N) is 2. The number of halogens is 3. The Kier molecular flexibility index (Phi) is 4.36. The van der Waals surface area contributed by atoms with Crippen molar-refractivity contribution >= 4 is 6.09 Å². The van der Waals surface area contributed by atoms with E-state index in [1.807, 2.05) is 7.05 Å². The van der Waals surface area contributed by atoms with E-state index in [0.717, 1.165) is 13.1 Å². The number of ether oxygens (including phenoxy) is 1. The first-order valence-corrected chi connectivity index (χ1v) is 4.80. The normalized spacial score (nSPS) is 19.5. The van der Waals surface area contributed by atoms with Gasteiger partial charge in [-0.15, -0.1) is 0 Å². The number of piperazine rings is 1. The number of hydrogen-bond donors (Lipinski definition) is 1. The van der Waals surface area contributed by atoms with E-state index < -0.39 is 18.9 Å². The van der Waals surface area contributed by atoms with Crippen molar-refractivity contribution in [2.75, 3.05) is 39.8 Å². The smallest absolute Gasteiger partial charge is 0.422 e. The topological polar surface area (TPSA) is 44.8 Å². The Morgan fingerprint density at radius 2 is 1.88 bits per heavy atom. The minimum Gasteiger partial charge on any atom is -0.439 e. The maximum atomic E-state index is 11.7. The standard InChI is InChI=1S/C8H14F3N3O2/c1-13-2-4-14(5-3-13)12-7(15)16-6-8(9,10)11/h2-6H2,1H3,(H,12,15). The van der Waals surface area contributed by atoms with E-state index in [1.165, 1.54) is 0 Å². The summed E-state index contributed by atoms with van der Waals surface area (Å²) in [6.07, 6.45) is -5.55. The second-order valence-corrected chi connectivity index (χ2v) is 3.59. The van der Waals surface area contributed by atoms with Crippen LogP contribution in [-0.2, 0) is 4.74 Å². The lowest BCUT2D eigenvalue weighted by atomic mass is 10.4. The fourth-order valence-corrected chi connectivity index (χ4v) is 1.23. The molecule has 0 aromatic carbocycles. The first-order chi connectivity index (χ1) is 7.37. The molecule has 0 aliphatic carbocycles. The van der Waals surface area contributed by atoms with Crippen molar-refractivity contribution in [2.45, 2.75) is 6.18 Å². The van der Waals surface area contributed by atoms with Crippen molar-refractivity contribution in [1.82, 2.24) is 15.3 Å². The number of likely N-dealkylation sites (N-methyl/N-ethyl adjacent to an activating group) is 1. The summed E-state index contributed by atoms with van der Waals surface area (Å²) in [5.41, 5.74) is 2.26. The fraction of sp³-hybridized carbons (Fsp3) is 0.875. The number of hydrazine groups is 1. The molecule has 0 spiro atoms. The largest absolute Gasteiger partial charge is 0.439 e. The number of nitrogens with one attached hydrogen (secondary N) is 1. The highest BCUT2D eigenvalue weighted by atomic mass is 19.4. The first kappa shape index (κ1) is 13.0. The molecule has 1 rings (SSSR count). The highest BCUT2D eigenvalue weighted by Gasteiger charge is 2.30. The molecular formula is C8H14F3N3O2. The molecule has 94 valence electrons. The van der Waals surface area contributed by atoms with Gasteiger partial charge in [0.25, 0.3) is 0 Å². The Labute approximate surface area is 91.1 Å². The van der Waals surface area contributed by atoms with Crippen LogP contribution in [0, 0.1) is 0 Å². The SMILES string of the molecule is CN1CCN(NC(=O)OCC(F)(F)F)CC1. The lowest BCUT2D eigenvalue weighted by molar-refractivity contribution is -0.161. The van der Waals surface area contributed by atoms with Gasteiger partial charge in [-0.1, -0.05) is 0 Å². The van der Waals surface area contributed by atoms with Gasteiger partial charge in [0.2, 0.25) is 0 Å². The number of rotatable bonds is 2. The average molecular weight is 241 g/mol. The summed E-state index contributed by atoms with van der Waals surface area (Å²) in [7, 11) is 1.93. The summed E-state index contributed by atoms with van der Waals surface area (Å²) >= 11 is 0. The van der Waals surface area contributed by atoms with Gasteiger partial charge in [-0.2, -0.15) is 13.2 Å². The van der Waals surface area contributed by atoms with Crippen LogP contribution in [0.2, 0.25) is 0 Å². The van der Waals surface area contributed by atoms with Crippen molar-refractivity contribution < 1.29 is 22.7 Å². The molecule has 5 nitrogen and oxygen atoms in total. The maximum absolute atomic E-state index is 11.7. The van der Waals surface area contributed by atoms with Crippen molar-refractivity contribution in [2.24, 2.45) is 0 Å². The van der Waals surface area contributed by atoms with Crippen LogP contribution >= 0.6 is 0 Å². The molecule has 0 atom stereocenters. The average Bonchev–Trinajstić information content (AvgIpc) is 2.18. The summed E-state index contributed by atoms with van der Waals surface area (Å²) in [5.74, 6) is 0. The second-order valence-electron chi connectivity index (χ2n) is 3.59. The zero-order valence-corrected chi connectivity index (χ0v) is 8.88. The van der Waals surface area contributed by atoms with Crippen LogP contribution in [0.1, 0.15) is 0 Å². The summed E-state index contributed by atoms with van der Waals surface area (Å²) < 4.78 is 39.2. The van der Waals surface area contributed by atoms with Crippen molar-refractivity contribution in [3.8, 4) is 0 Å². The van der Waals surface area contributed by atoms with E-state index in [2.05, 4.69) is 15.1 Å². The molecule has 8 heteroatoms. The Bertz CT molecular complexity index is 239. The predicted molar refractivity (Wildman–Crippen MR) is 49.6 cm³/mol. The van der Waals surface area contributed by atoms with E-state index in [0.29, 0.717) is 13.1 Å². The summed E-state index contributed by atoms with van der Waals surface area (Å²) in [6.45, 7) is 1.07. The second kappa shape index (κ2) is 5.35. The number of carbonyl (C=O) groups excluding carboxylic acids is 1. The Balaban J connectivity index is 2.19. The van der Waals surface area contributed by atoms with Gasteiger partial charge in [-0.25, -0.2) is 9.80 Å². The minimum absolute atomic E-state index is 0.567. The van der Waals surface area contributed by atoms with E-state index in [-0.39, 0.29) is 0 Å². The summed E-state index contributed by atoms with van der Waals surface area (Å²) in [6, 6.07) is 0. The van der Waals surface area contributed by atoms with Crippen molar-refractivity contribution in [3.63, 3.8) is 0 Å². The van der Waals surface area contributed by atoms with E-state index in [1.54, 1.807) is 5.01 Å². The van der Waals surface area contributed by atoms with Crippen LogP contribution in [-0.4, -0.2) is 62.0 Å². The third-order valence-corrected chi connectivity index (χ3v) is 2.12. The summed E-state index contributed by atoms with van der Waals surface area (Å²) in [5, 5.41) is 1.54. The monoisotopic (exact) mass is 241 g/mol. The van der Waals surface area contributed by atoms with Gasteiger partial charge in [0.1, 0.15) is 0 Å². The molecule has 1 heterocycles. The molecule has 1 aliphatic rings. The van der Waals surface area contributed by atoms with Gasteiger partial charge in [0.15, 0.2) is 6.61 Å². The zero-order chi connectivity index (χ0) is 12.2. The molecule has 0 saturated carbocycles. The molecule has 1 fully saturated rings. The minimum atomic E-state index is -4.49. The number of carbonyl (C=O) groups is 1. The maximum Gasteiger partial charge on any atom is 0.422 e. The van der Waals surface area contributed by atoms with Crippen LogP contribution in [0.4, 0.5) is 18.0 Å². The lowest BCUT2D eigenvalue weighted by Crippen LogP contribution is -2.52. The molecule has 16 heavy (non-hydrogen) atoms. The molecule has 0 aromatic heterocycles. The van der Waals surface area contributed by atoms with Crippen LogP contribution < -0.4 is 5.43 Å². The zero-order valence-electron chi connectivity index (χ0n) is 8.88. The van der Waals surface area contributed by atoms with Crippen molar-refractivity contribution in [1.29, 1.82) is 0 Å². The van der Waals surface area contributed by atoms with Gasteiger partial charge in [0, 0.05) is 26.2 Å². The van der Waals surface area contributed by atoms with Gasteiger partial charge >= 0.3 is 12.3 Å². The molecule has 1 aliphatic heterocycles. The van der Waals surface area contributed by atoms with Crippen LogP contribution in [0.25, 0.3) is 0 Å². The molecular weight excluding hydrogens is 227 g/mol. The molecule has 1 saturated heterocycles. The molecule has 0 aromatic rings. The lowest BCUT2D eigenvalue weighted by Gasteiger charge is -2.31. The fourth-order valence-electron chi connectivity index (χ4n) is 1.23. The molecule has 1 amide bonds. The number of alkyl halides is 3. The molecule has 0 radical (unpaired) electrons. The van der Waals surface area contributed by atoms with Crippen LogP contribution in [0.3, 0.4) is 0 Å². The highest BCUT2D eigenvalue weighted by Crippen LogP contribution is 2.14.